The summed E-state index contributed by atoms with van der Waals surface area (Å²) >= 11 is 0. The number of aliphatic hydroxyl groups is 1. The zero-order chi connectivity index (χ0) is 32.5. The fourth-order valence-electron chi connectivity index (χ4n) is 5.87. The van der Waals surface area contributed by atoms with Gasteiger partial charge in [0.1, 0.15) is 0 Å². The Kier molecular flexibility index (Phi) is 11.3. The topological polar surface area (TPSA) is 108 Å². The third kappa shape index (κ3) is 8.68. The summed E-state index contributed by atoms with van der Waals surface area (Å²) in [6.45, 7) is 4.00. The van der Waals surface area contributed by atoms with Crippen LogP contribution in [0.2, 0.25) is 0 Å². The van der Waals surface area contributed by atoms with Gasteiger partial charge in [0.05, 0.1) is 25.2 Å². The van der Waals surface area contributed by atoms with Crippen molar-refractivity contribution in [1.82, 2.24) is 10.2 Å². The minimum Gasteiger partial charge on any atom is -0.481 e. The van der Waals surface area contributed by atoms with Crippen LogP contribution in [0.5, 0.6) is 0 Å². The second-order valence-corrected chi connectivity index (χ2v) is 12.0. The van der Waals surface area contributed by atoms with Gasteiger partial charge in [0.25, 0.3) is 0 Å². The number of likely N-dealkylation sites (N-methyl/N-ethyl adjacent to an activating group) is 1. The number of nitrogens with one attached hydrogen (secondary N) is 1. The van der Waals surface area contributed by atoms with Crippen molar-refractivity contribution in [1.29, 1.82) is 0 Å². The molecule has 0 saturated carbocycles. The molecule has 0 spiro atoms. The van der Waals surface area contributed by atoms with Gasteiger partial charge in [-0.15, -0.1) is 0 Å². The SMILES string of the molecule is C[C@@H]1[C@H](CN(C)Cc2ccccc2)O[C@H](c2ccc(-c3ccccc3CNC(=O)CCC(=O)O)cc2)O[C@@H]1c1ccc(CO)cc1. The maximum atomic E-state index is 12.1. The Morgan fingerprint density at radius 1 is 0.804 bits per heavy atom. The molecule has 1 saturated heterocycles. The summed E-state index contributed by atoms with van der Waals surface area (Å²) in [7, 11) is 2.11. The highest BCUT2D eigenvalue weighted by atomic mass is 16.7. The number of nitrogens with zero attached hydrogens (tertiary/aromatic N) is 1. The molecule has 8 nitrogen and oxygen atoms in total. The lowest BCUT2D eigenvalue weighted by molar-refractivity contribution is -0.276. The average molecular weight is 623 g/mol. The number of amides is 1. The number of rotatable bonds is 13. The number of benzene rings is 4. The summed E-state index contributed by atoms with van der Waals surface area (Å²) in [6, 6.07) is 34.3. The first-order chi connectivity index (χ1) is 22.3. The summed E-state index contributed by atoms with van der Waals surface area (Å²) in [5, 5.41) is 21.3. The van der Waals surface area contributed by atoms with Gasteiger partial charge in [-0.25, -0.2) is 0 Å². The molecule has 46 heavy (non-hydrogen) atoms. The molecular weight excluding hydrogens is 580 g/mol. The highest BCUT2D eigenvalue weighted by Gasteiger charge is 2.38. The van der Waals surface area contributed by atoms with Crippen LogP contribution in [-0.4, -0.2) is 46.7 Å². The molecule has 0 unspecified atom stereocenters. The second kappa shape index (κ2) is 15.8. The van der Waals surface area contributed by atoms with Crippen molar-refractivity contribution in [2.45, 2.75) is 58.0 Å². The van der Waals surface area contributed by atoms with Crippen molar-refractivity contribution < 1.29 is 29.3 Å². The Bertz CT molecular complexity index is 1580. The van der Waals surface area contributed by atoms with E-state index in [1.165, 1.54) is 5.56 Å². The van der Waals surface area contributed by atoms with Crippen LogP contribution in [-0.2, 0) is 38.8 Å². The fraction of sp³-hybridized carbons (Fsp3) is 0.316. The predicted molar refractivity (Wildman–Crippen MR) is 176 cm³/mol. The molecule has 1 fully saturated rings. The number of aliphatic hydroxyl groups excluding tert-OH is 1. The van der Waals surface area contributed by atoms with E-state index in [1.54, 1.807) is 0 Å². The smallest absolute Gasteiger partial charge is 0.303 e. The van der Waals surface area contributed by atoms with Gasteiger partial charge in [-0.2, -0.15) is 0 Å². The van der Waals surface area contributed by atoms with E-state index < -0.39 is 12.3 Å². The van der Waals surface area contributed by atoms with E-state index in [1.807, 2.05) is 78.9 Å². The van der Waals surface area contributed by atoms with E-state index in [-0.39, 0.29) is 43.5 Å². The highest BCUT2D eigenvalue weighted by Crippen LogP contribution is 2.42. The van der Waals surface area contributed by atoms with Gasteiger partial charge in [0, 0.05) is 37.5 Å². The molecule has 1 amide bonds. The monoisotopic (exact) mass is 622 g/mol. The molecule has 1 aliphatic heterocycles. The lowest BCUT2D eigenvalue weighted by Gasteiger charge is -2.42. The van der Waals surface area contributed by atoms with Crippen molar-refractivity contribution in [3.63, 3.8) is 0 Å². The zero-order valence-electron chi connectivity index (χ0n) is 26.3. The van der Waals surface area contributed by atoms with Crippen LogP contribution in [0, 0.1) is 5.92 Å². The summed E-state index contributed by atoms with van der Waals surface area (Å²) in [5.74, 6) is -1.21. The number of carboxylic acids is 1. The molecule has 5 rings (SSSR count). The van der Waals surface area contributed by atoms with Crippen LogP contribution in [0.25, 0.3) is 11.1 Å². The van der Waals surface area contributed by atoms with Crippen LogP contribution in [0.3, 0.4) is 0 Å². The van der Waals surface area contributed by atoms with Crippen LogP contribution >= 0.6 is 0 Å². The molecule has 0 radical (unpaired) electrons. The van der Waals surface area contributed by atoms with Crippen LogP contribution in [0.4, 0.5) is 0 Å². The van der Waals surface area contributed by atoms with Crippen LogP contribution in [0.1, 0.15) is 60.0 Å². The van der Waals surface area contributed by atoms with Crippen LogP contribution in [0.15, 0.2) is 103 Å². The van der Waals surface area contributed by atoms with E-state index in [9.17, 15) is 14.7 Å². The number of carbonyl (C=O) groups is 2. The van der Waals surface area contributed by atoms with Crippen molar-refractivity contribution in [3.8, 4) is 11.1 Å². The van der Waals surface area contributed by atoms with Gasteiger partial charge in [-0.3, -0.25) is 14.5 Å². The van der Waals surface area contributed by atoms with Gasteiger partial charge in [0.2, 0.25) is 5.91 Å². The molecule has 4 aromatic rings. The van der Waals surface area contributed by atoms with Crippen molar-refractivity contribution >= 4 is 11.9 Å². The summed E-state index contributed by atoms with van der Waals surface area (Å²) in [4.78, 5) is 25.2. The van der Waals surface area contributed by atoms with Crippen molar-refractivity contribution in [3.05, 3.63) is 131 Å². The van der Waals surface area contributed by atoms with Crippen molar-refractivity contribution in [2.75, 3.05) is 13.6 Å². The molecule has 1 aliphatic rings. The van der Waals surface area contributed by atoms with E-state index in [4.69, 9.17) is 14.6 Å². The Morgan fingerprint density at radius 3 is 2.17 bits per heavy atom. The van der Waals surface area contributed by atoms with E-state index in [0.29, 0.717) is 6.54 Å². The quantitative estimate of drug-likeness (QED) is 0.162. The second-order valence-electron chi connectivity index (χ2n) is 12.0. The van der Waals surface area contributed by atoms with Gasteiger partial charge in [-0.1, -0.05) is 110 Å². The molecule has 4 aromatic carbocycles. The minimum atomic E-state index is -0.993. The summed E-state index contributed by atoms with van der Waals surface area (Å²) in [5.41, 5.74) is 6.95. The Balaban J connectivity index is 1.34. The zero-order valence-corrected chi connectivity index (χ0v) is 26.3. The normalized spacial score (nSPS) is 19.6. The fourth-order valence-corrected chi connectivity index (χ4v) is 5.87. The predicted octanol–water partition coefficient (Wildman–Crippen LogP) is 6.25. The molecule has 4 atom stereocenters. The number of hydrogen-bond acceptors (Lipinski definition) is 6. The molecule has 0 aliphatic carbocycles. The Labute approximate surface area is 270 Å². The molecule has 240 valence electrons. The molecular formula is C38H42N2O6. The maximum absolute atomic E-state index is 12.1. The number of carbonyl (C=O) groups excluding carboxylic acids is 1. The minimum absolute atomic E-state index is 0.00737. The molecule has 0 bridgehead atoms. The summed E-state index contributed by atoms with van der Waals surface area (Å²) in [6.07, 6.45) is -1.13. The molecule has 0 aromatic heterocycles. The lowest BCUT2D eigenvalue weighted by atomic mass is 9.90. The Morgan fingerprint density at radius 2 is 1.48 bits per heavy atom. The first-order valence-corrected chi connectivity index (χ1v) is 15.7. The highest BCUT2D eigenvalue weighted by molar-refractivity contribution is 5.80. The third-order valence-electron chi connectivity index (χ3n) is 8.46. The number of hydrogen-bond donors (Lipinski definition) is 3. The van der Waals surface area contributed by atoms with Gasteiger partial charge in [0.15, 0.2) is 6.29 Å². The largest absolute Gasteiger partial charge is 0.481 e. The third-order valence-corrected chi connectivity index (χ3v) is 8.46. The van der Waals surface area contributed by atoms with E-state index in [2.05, 4.69) is 48.5 Å². The van der Waals surface area contributed by atoms with Crippen LogP contribution < -0.4 is 5.32 Å². The maximum Gasteiger partial charge on any atom is 0.303 e. The van der Waals surface area contributed by atoms with Gasteiger partial charge >= 0.3 is 5.97 Å². The van der Waals surface area contributed by atoms with E-state index in [0.717, 1.165) is 46.5 Å². The Hall–Kier alpha value is -4.34. The molecule has 1 heterocycles. The standard InChI is InChI=1S/C38H42N2O6/c1-26-34(24-40(2)23-27-8-4-3-5-9-27)45-38(46-37(26)30-14-12-28(25-41)13-15-30)31-18-16-29(17-19-31)33-11-7-6-10-32(33)22-39-35(42)20-21-36(43)44/h3-19,26,34,37-38,41H,20-25H2,1-2H3,(H,39,42)(H,43,44)/t26-,34+,37+,38+/m1/s1. The summed E-state index contributed by atoms with van der Waals surface area (Å²) < 4.78 is 13.3. The van der Waals surface area contributed by atoms with Gasteiger partial charge < -0.3 is 25.0 Å². The van der Waals surface area contributed by atoms with E-state index >= 15 is 0 Å². The number of ether oxygens (including phenoxy) is 2. The number of aliphatic carboxylic acids is 1. The average Bonchev–Trinajstić information content (AvgIpc) is 3.08. The number of carboxylic acid groups (broad SMARTS) is 1. The first kappa shape index (κ1) is 33.0. The molecule has 3 N–H and O–H groups in total. The van der Waals surface area contributed by atoms with Gasteiger partial charge in [-0.05, 0) is 40.4 Å². The molecule has 8 heteroatoms. The lowest BCUT2D eigenvalue weighted by Crippen LogP contribution is -2.43. The first-order valence-electron chi connectivity index (χ1n) is 15.7. The van der Waals surface area contributed by atoms with Crippen molar-refractivity contribution in [2.24, 2.45) is 5.92 Å².